The van der Waals surface area contributed by atoms with Crippen LogP contribution in [0.4, 0.5) is 30.7 Å². The maximum Gasteiger partial charge on any atom is 0.376 e. The zero-order valence-electron chi connectivity index (χ0n) is 53.6. The summed E-state index contributed by atoms with van der Waals surface area (Å²) >= 11 is 0. The number of carbonyl (C=O) groups excluding carboxylic acids is 4. The lowest BCUT2D eigenvalue weighted by Gasteiger charge is -2.40. The third-order valence-electron chi connectivity index (χ3n) is 13.6. The Labute approximate surface area is 527 Å². The van der Waals surface area contributed by atoms with Crippen molar-refractivity contribution in [1.82, 2.24) is 50.8 Å². The fourth-order valence-corrected chi connectivity index (χ4v) is 9.37. The molecule has 25 nitrogen and oxygen atoms in total. The number of ether oxygens (including phenoxy) is 2. The minimum Gasteiger partial charge on any atom is -0.461 e. The molecule has 0 heterocycles. The molecule has 1 fully saturated rings. The first-order valence-corrected chi connectivity index (χ1v) is 30.4. The molecule has 516 valence electrons. The van der Waals surface area contributed by atoms with Gasteiger partial charge >= 0.3 is 68.3 Å². The van der Waals surface area contributed by atoms with Gasteiger partial charge in [-0.3, -0.25) is 9.59 Å². The molecule has 8 atom stereocenters. The largest absolute Gasteiger partial charge is 0.461 e. The van der Waals surface area contributed by atoms with Crippen LogP contribution >= 0.6 is 0 Å². The van der Waals surface area contributed by atoms with Crippen LogP contribution in [0.2, 0.25) is 54.6 Å². The normalized spacial score (nSPS) is 18.6. The Morgan fingerprint density at radius 2 is 0.742 bits per heavy atom. The van der Waals surface area contributed by atoms with Crippen molar-refractivity contribution in [1.29, 1.82) is 0 Å². The Morgan fingerprint density at radius 3 is 1.01 bits per heavy atom. The molecule has 40 heteroatoms. The lowest BCUT2D eigenvalue weighted by atomic mass is 9.79. The van der Waals surface area contributed by atoms with Crippen molar-refractivity contribution in [2.24, 2.45) is 0 Å². The molecule has 1 aliphatic rings. The first-order valence-electron chi connectivity index (χ1n) is 30.4. The summed E-state index contributed by atoms with van der Waals surface area (Å²) in [6.45, 7) is 19.7. The van der Waals surface area contributed by atoms with E-state index in [-0.39, 0.29) is 52.4 Å². The van der Waals surface area contributed by atoms with Crippen LogP contribution < -0.4 is 31.5 Å². The predicted octanol–water partition coefficient (Wildman–Crippen LogP) is -1.22. The molecule has 1 saturated carbocycles. The van der Waals surface area contributed by atoms with Crippen LogP contribution in [0.3, 0.4) is 0 Å². The fraction of sp³-hybridized carbons (Fsp3) is 0.918. The second kappa shape index (κ2) is 50.7. The number of hydrogen-bond acceptors (Lipinski definition) is 23. The predicted molar refractivity (Wildman–Crippen MR) is 339 cm³/mol. The van der Waals surface area contributed by atoms with Gasteiger partial charge in [-0.1, -0.05) is 7.43 Å². The van der Waals surface area contributed by atoms with Crippen molar-refractivity contribution in [2.75, 3.05) is 78.8 Å². The number of halogens is 7. The average Bonchev–Trinajstić information content (AvgIpc) is 2.07. The summed E-state index contributed by atoms with van der Waals surface area (Å²) in [6, 6.07) is -5.12. The van der Waals surface area contributed by atoms with E-state index in [1.165, 1.54) is 25.3 Å². The van der Waals surface area contributed by atoms with E-state index in [0.717, 1.165) is 0 Å². The van der Waals surface area contributed by atoms with E-state index < -0.39 is 161 Å². The van der Waals surface area contributed by atoms with Gasteiger partial charge in [-0.25, -0.2) is 40.3 Å². The molecule has 0 saturated heterocycles. The number of amides is 2. The van der Waals surface area contributed by atoms with Gasteiger partial charge in [0, 0.05) is 18.2 Å². The van der Waals surface area contributed by atoms with E-state index in [0.29, 0.717) is 77.9 Å². The first-order chi connectivity index (χ1) is 41.0. The fourth-order valence-electron chi connectivity index (χ4n) is 9.37. The average molecular weight is 1300 g/mol. The Bertz CT molecular complexity index is 1840. The van der Waals surface area contributed by atoms with Crippen LogP contribution in [0.15, 0.2) is 0 Å². The van der Waals surface area contributed by atoms with Crippen LogP contribution in [0.1, 0.15) is 86.5 Å². The lowest BCUT2D eigenvalue weighted by Crippen LogP contribution is -2.62. The topological polar surface area (TPSA) is 354 Å². The van der Waals surface area contributed by atoms with Crippen molar-refractivity contribution in [3.05, 3.63) is 0 Å². The van der Waals surface area contributed by atoms with E-state index in [2.05, 4.69) is 31.5 Å². The number of aliphatic hydroxyl groups excluding tert-OH is 1. The highest BCUT2D eigenvalue weighted by Crippen LogP contribution is 2.34. The molecule has 0 aromatic carbocycles. The van der Waals surface area contributed by atoms with Crippen molar-refractivity contribution >= 4 is 80.2 Å². The summed E-state index contributed by atoms with van der Waals surface area (Å²) in [5.41, 5.74) is 0. The number of esters is 2. The Morgan fingerprint density at radius 1 is 0.461 bits per heavy atom. The van der Waals surface area contributed by atoms with Gasteiger partial charge in [-0.2, -0.15) is 0 Å². The number of aliphatic hydroxyl groups is 1. The van der Waals surface area contributed by atoms with Crippen molar-refractivity contribution < 1.29 is 105 Å². The molecule has 1 aliphatic carbocycles. The van der Waals surface area contributed by atoms with Gasteiger partial charge in [-0.15, -0.1) is 0 Å². The maximum atomic E-state index is 14.6. The van der Waals surface area contributed by atoms with E-state index >= 15 is 0 Å². The molecule has 1 rings (SSSR count). The third-order valence-corrected chi connectivity index (χ3v) is 13.6. The zero-order valence-corrected chi connectivity index (χ0v) is 53.6. The monoisotopic (exact) mass is 1300 g/mol. The second-order valence-corrected chi connectivity index (χ2v) is 22.5. The first kappa shape index (κ1) is 90.4. The summed E-state index contributed by atoms with van der Waals surface area (Å²) < 4.78 is 108. The lowest BCUT2D eigenvalue weighted by molar-refractivity contribution is -0.180. The van der Waals surface area contributed by atoms with Crippen LogP contribution in [0, 0.1) is 0 Å². The van der Waals surface area contributed by atoms with Gasteiger partial charge in [0.15, 0.2) is 50.3 Å². The molecule has 8 unspecified atom stereocenters. The number of alkyl halides is 7. The van der Waals surface area contributed by atoms with E-state index in [1.807, 2.05) is 4.81 Å². The van der Waals surface area contributed by atoms with Gasteiger partial charge in [-0.05, 0) is 199 Å². The number of nitrogens with one attached hydrogen (secondary N) is 6. The minimum absolute atomic E-state index is 0. The molecule has 15 N–H and O–H groups in total. The number of nitrogens with zero attached hydrogens (tertiary/aromatic N) is 4. The number of rotatable bonds is 44. The Hall–Kier alpha value is -2.77. The highest BCUT2D eigenvalue weighted by molar-refractivity contribution is 6.47. The molecular formula is C49H107B8F7N10O15. The number of carbonyl (C=O) groups is 4. The van der Waals surface area contributed by atoms with Gasteiger partial charge in [0.2, 0.25) is 0 Å². The standard InChI is InChI=1S/C24H47B4F6N5O7.C21H48B4FN5O7.C3H8O.CH4/c1-25(42)35-9-6-12-38(27(3)44)11-5-8-15(39(28(4)45)13-7-10-36-26(2)43)22(37-16(40)14-29)24(41)46-23-20(33)18(31)17(30)19(32)21(23)34;1-17(2)38-21(33)20(29-19(32)16-26)18(31(25(6)37)15-9-12-28-23(4)35)10-7-13-30(24(5)36)14-8-11-27-22(3)34;1-3(2)4;/h15,17-23,35-36,42-45H,5-14H2,1-4H3,(H,37,40);17-18,20,27-28,34-37H,7-16H2,1-6H3,(H,29,32);3-4H,1-2H3;1H4. The Balaban J connectivity index is -0.00000157. The highest BCUT2D eigenvalue weighted by Gasteiger charge is 2.56. The smallest absolute Gasteiger partial charge is 0.376 e. The van der Waals surface area contributed by atoms with Crippen molar-refractivity contribution in [3.8, 4) is 0 Å². The van der Waals surface area contributed by atoms with Crippen LogP contribution in [-0.2, 0) is 28.7 Å². The van der Waals surface area contributed by atoms with Crippen LogP contribution in [-0.4, -0.2) is 297 Å². The van der Waals surface area contributed by atoms with Gasteiger partial charge in [0.1, 0.15) is 12.1 Å². The molecular weight excluding hydrogens is 1190 g/mol. The summed E-state index contributed by atoms with van der Waals surface area (Å²) in [4.78, 5) is 57.2. The molecule has 0 radical (unpaired) electrons. The molecule has 0 aliphatic heterocycles. The zero-order chi connectivity index (χ0) is 68.0. The Kier molecular flexibility index (Phi) is 51.5. The van der Waals surface area contributed by atoms with Crippen molar-refractivity contribution in [2.45, 2.75) is 214 Å². The van der Waals surface area contributed by atoms with E-state index in [1.54, 1.807) is 71.4 Å². The SMILES string of the molecule is C.CB(O)NCCCN(CCCC(C(NC(=O)CF)C(=O)OC(C)C)N(CCCNB(C)O)B(C)O)B(C)O.CB(O)NCCCN(CCCC(C(NC(=O)CF)C(=O)OC1C(F)C(F)C(F)C(F)C1F)N(CCCNB(C)O)B(C)O)B(C)O.CC(C)O. The van der Waals surface area contributed by atoms with Crippen molar-refractivity contribution in [3.63, 3.8) is 0 Å². The maximum absolute atomic E-state index is 14.6. The van der Waals surface area contributed by atoms with Gasteiger partial charge < -0.3 is 106 Å². The van der Waals surface area contributed by atoms with E-state index in [4.69, 9.17) is 14.6 Å². The van der Waals surface area contributed by atoms with E-state index in [9.17, 15) is 90.1 Å². The molecule has 2 amide bonds. The third kappa shape index (κ3) is 40.2. The molecule has 0 spiro atoms. The molecule has 89 heavy (non-hydrogen) atoms. The van der Waals surface area contributed by atoms with Gasteiger partial charge in [0.25, 0.3) is 11.8 Å². The second-order valence-electron chi connectivity index (χ2n) is 22.5. The summed E-state index contributed by atoms with van der Waals surface area (Å²) in [7, 11) is -6.92. The summed E-state index contributed by atoms with van der Waals surface area (Å²) in [5, 5.41) is 103. The summed E-state index contributed by atoms with van der Waals surface area (Å²) in [6.07, 6.45) is -16.0. The molecule has 0 aromatic heterocycles. The van der Waals surface area contributed by atoms with Gasteiger partial charge in [0.05, 0.1) is 6.10 Å². The molecule has 0 aromatic rings. The molecule has 0 bridgehead atoms. The summed E-state index contributed by atoms with van der Waals surface area (Å²) in [5.74, 6) is -4.62. The number of hydrogen-bond donors (Lipinski definition) is 15. The quantitative estimate of drug-likeness (QED) is 0.0147. The van der Waals surface area contributed by atoms with Crippen LogP contribution in [0.5, 0.6) is 0 Å². The minimum atomic E-state index is -3.15. The highest BCUT2D eigenvalue weighted by atomic mass is 19.2. The van der Waals surface area contributed by atoms with Crippen LogP contribution in [0.25, 0.3) is 0 Å².